The van der Waals surface area contributed by atoms with Gasteiger partial charge in [0, 0.05) is 11.9 Å². The normalized spacial score (nSPS) is 16.4. The van der Waals surface area contributed by atoms with Gasteiger partial charge in [-0.05, 0) is 36.1 Å². The zero-order valence-electron chi connectivity index (χ0n) is 14.7. The molecule has 9 heteroatoms. The van der Waals surface area contributed by atoms with Crippen LogP contribution in [0.4, 0.5) is 11.4 Å². The number of fused-ring (bicyclic) bond motifs is 1. The van der Waals surface area contributed by atoms with E-state index in [0.29, 0.717) is 24.0 Å². The van der Waals surface area contributed by atoms with Crippen LogP contribution in [-0.2, 0) is 20.0 Å². The minimum atomic E-state index is -3.88. The summed E-state index contributed by atoms with van der Waals surface area (Å²) in [5.74, 6) is 0.0973. The van der Waals surface area contributed by atoms with Gasteiger partial charge in [-0.1, -0.05) is 48.0 Å². The van der Waals surface area contributed by atoms with Crippen LogP contribution < -0.4 is 9.03 Å². The predicted octanol–water partition coefficient (Wildman–Crippen LogP) is 3.83. The van der Waals surface area contributed by atoms with E-state index in [0.717, 1.165) is 5.39 Å². The van der Waals surface area contributed by atoms with Gasteiger partial charge in [0.25, 0.3) is 10.0 Å². The van der Waals surface area contributed by atoms with Crippen molar-refractivity contribution in [1.82, 2.24) is 0 Å². The molecule has 0 aliphatic carbocycles. The molecule has 0 saturated carbocycles. The molecule has 0 amide bonds. The van der Waals surface area contributed by atoms with Crippen LogP contribution >= 0.6 is 11.6 Å². The Labute approximate surface area is 168 Å². The van der Waals surface area contributed by atoms with Crippen LogP contribution in [0.25, 0.3) is 10.8 Å². The number of halogens is 1. The van der Waals surface area contributed by atoms with Gasteiger partial charge in [-0.2, -0.15) is 0 Å². The Morgan fingerprint density at radius 1 is 1.00 bits per heavy atom. The number of hydrogen-bond acceptors (Lipinski definition) is 4. The molecule has 146 valence electrons. The first-order chi connectivity index (χ1) is 13.3. The molecule has 1 heterocycles. The maximum absolute atomic E-state index is 12.9. The van der Waals surface area contributed by atoms with E-state index in [2.05, 4.69) is 4.72 Å². The Kier molecular flexibility index (Phi) is 4.73. The van der Waals surface area contributed by atoms with Gasteiger partial charge in [0.2, 0.25) is 10.0 Å². The highest BCUT2D eigenvalue weighted by atomic mass is 35.5. The van der Waals surface area contributed by atoms with Gasteiger partial charge in [-0.25, -0.2) is 16.8 Å². The fourth-order valence-corrected chi connectivity index (χ4v) is 6.45. The highest BCUT2D eigenvalue weighted by Crippen LogP contribution is 2.33. The Bertz CT molecular complexity index is 1270. The van der Waals surface area contributed by atoms with Crippen molar-refractivity contribution in [3.05, 3.63) is 65.7 Å². The molecule has 28 heavy (non-hydrogen) atoms. The lowest BCUT2D eigenvalue weighted by atomic mass is 10.1. The monoisotopic (exact) mass is 436 g/mol. The molecule has 0 atom stereocenters. The molecule has 0 spiro atoms. The minimum Gasteiger partial charge on any atom is -0.278 e. The third-order valence-corrected chi connectivity index (χ3v) is 8.23. The van der Waals surface area contributed by atoms with E-state index in [1.165, 1.54) is 22.5 Å². The summed E-state index contributed by atoms with van der Waals surface area (Å²) in [6, 6.07) is 16.7. The first-order valence-electron chi connectivity index (χ1n) is 8.58. The van der Waals surface area contributed by atoms with E-state index in [9.17, 15) is 16.8 Å². The van der Waals surface area contributed by atoms with E-state index in [4.69, 9.17) is 11.6 Å². The summed E-state index contributed by atoms with van der Waals surface area (Å²) < 4.78 is 53.8. The Morgan fingerprint density at radius 3 is 2.46 bits per heavy atom. The molecule has 0 unspecified atom stereocenters. The number of benzene rings is 3. The van der Waals surface area contributed by atoms with Crippen molar-refractivity contribution < 1.29 is 16.8 Å². The van der Waals surface area contributed by atoms with Gasteiger partial charge in [0.1, 0.15) is 0 Å². The van der Waals surface area contributed by atoms with Gasteiger partial charge in [-0.15, -0.1) is 0 Å². The van der Waals surface area contributed by atoms with Crippen molar-refractivity contribution in [1.29, 1.82) is 0 Å². The van der Waals surface area contributed by atoms with E-state index in [1.54, 1.807) is 24.3 Å². The average Bonchev–Trinajstić information content (AvgIpc) is 3.02. The van der Waals surface area contributed by atoms with Crippen molar-refractivity contribution in [2.45, 2.75) is 11.3 Å². The van der Waals surface area contributed by atoms with Crippen LogP contribution in [0.2, 0.25) is 5.02 Å². The van der Waals surface area contributed by atoms with Gasteiger partial charge < -0.3 is 0 Å². The molecular weight excluding hydrogens is 420 g/mol. The molecule has 3 aromatic rings. The fourth-order valence-electron chi connectivity index (χ4n) is 3.30. The molecular formula is C19H17ClN2O4S2. The summed E-state index contributed by atoms with van der Waals surface area (Å²) in [6.45, 7) is 0.389. The van der Waals surface area contributed by atoms with E-state index in [-0.39, 0.29) is 21.4 Å². The lowest BCUT2D eigenvalue weighted by Crippen LogP contribution is -2.25. The van der Waals surface area contributed by atoms with E-state index >= 15 is 0 Å². The second kappa shape index (κ2) is 6.95. The molecule has 4 rings (SSSR count). The lowest BCUT2D eigenvalue weighted by molar-refractivity contribution is 0.598. The van der Waals surface area contributed by atoms with E-state index < -0.39 is 20.0 Å². The first kappa shape index (κ1) is 19.0. The molecule has 0 bridgehead atoms. The molecule has 0 aromatic heterocycles. The fraction of sp³-hybridized carbons (Fsp3) is 0.158. The van der Waals surface area contributed by atoms with Crippen molar-refractivity contribution >= 4 is 53.8 Å². The molecule has 1 fully saturated rings. The zero-order valence-corrected chi connectivity index (χ0v) is 17.1. The van der Waals surface area contributed by atoms with Gasteiger partial charge in [0.05, 0.1) is 27.0 Å². The molecule has 1 aliphatic heterocycles. The Morgan fingerprint density at radius 2 is 1.75 bits per heavy atom. The van der Waals surface area contributed by atoms with Gasteiger partial charge in [0.15, 0.2) is 0 Å². The molecule has 0 radical (unpaired) electrons. The van der Waals surface area contributed by atoms with Crippen LogP contribution in [0.5, 0.6) is 0 Å². The van der Waals surface area contributed by atoms with Crippen LogP contribution in [0.1, 0.15) is 6.42 Å². The number of rotatable bonds is 4. The molecule has 6 nitrogen and oxygen atoms in total. The van der Waals surface area contributed by atoms with Gasteiger partial charge in [-0.3, -0.25) is 9.03 Å². The number of hydrogen-bond donors (Lipinski definition) is 1. The smallest absolute Gasteiger partial charge is 0.262 e. The first-order valence-corrected chi connectivity index (χ1v) is 12.1. The van der Waals surface area contributed by atoms with Crippen molar-refractivity contribution in [2.24, 2.45) is 0 Å². The maximum atomic E-state index is 12.9. The van der Waals surface area contributed by atoms with E-state index in [1.807, 2.05) is 18.2 Å². The van der Waals surface area contributed by atoms with Crippen LogP contribution in [-0.4, -0.2) is 29.1 Å². The van der Waals surface area contributed by atoms with Crippen LogP contribution in [0.3, 0.4) is 0 Å². The largest absolute Gasteiger partial charge is 0.278 e. The Balaban J connectivity index is 1.69. The highest BCUT2D eigenvalue weighted by molar-refractivity contribution is 7.93. The number of nitrogens with zero attached hydrogens (tertiary/aromatic N) is 1. The highest BCUT2D eigenvalue weighted by Gasteiger charge is 2.29. The summed E-state index contributed by atoms with van der Waals surface area (Å²) in [5, 5.41) is 1.54. The second-order valence-corrected chi connectivity index (χ2v) is 10.6. The number of sulfonamides is 2. The van der Waals surface area contributed by atoms with Crippen molar-refractivity contribution in [2.75, 3.05) is 21.3 Å². The molecule has 1 aliphatic rings. The lowest BCUT2D eigenvalue weighted by Gasteiger charge is -2.18. The average molecular weight is 437 g/mol. The van der Waals surface area contributed by atoms with Crippen molar-refractivity contribution in [3.63, 3.8) is 0 Å². The summed E-state index contributed by atoms with van der Waals surface area (Å²) in [4.78, 5) is 0.146. The van der Waals surface area contributed by atoms with Crippen molar-refractivity contribution in [3.8, 4) is 0 Å². The number of nitrogens with one attached hydrogen (secondary N) is 1. The quantitative estimate of drug-likeness (QED) is 0.673. The third kappa shape index (κ3) is 3.43. The number of anilines is 2. The predicted molar refractivity (Wildman–Crippen MR) is 112 cm³/mol. The minimum absolute atomic E-state index is 0.0973. The molecule has 1 saturated heterocycles. The van der Waals surface area contributed by atoms with Crippen LogP contribution in [0, 0.1) is 0 Å². The summed E-state index contributed by atoms with van der Waals surface area (Å²) >= 11 is 6.26. The van der Waals surface area contributed by atoms with Crippen LogP contribution in [0.15, 0.2) is 65.6 Å². The summed E-state index contributed by atoms with van der Waals surface area (Å²) in [5.41, 5.74) is 0.616. The topological polar surface area (TPSA) is 83.6 Å². The zero-order chi connectivity index (χ0) is 19.9. The SMILES string of the molecule is O=S(=O)(Nc1ccc(N2CCCS2(=O)=O)cc1Cl)c1cccc2ccccc12. The summed E-state index contributed by atoms with van der Waals surface area (Å²) in [7, 11) is -7.22. The molecule has 1 N–H and O–H groups in total. The maximum Gasteiger partial charge on any atom is 0.262 e. The summed E-state index contributed by atoms with van der Waals surface area (Å²) in [6.07, 6.45) is 0.551. The Hall–Kier alpha value is -2.29. The second-order valence-electron chi connectivity index (χ2n) is 6.49. The third-order valence-electron chi connectivity index (χ3n) is 4.62. The van der Waals surface area contributed by atoms with Gasteiger partial charge >= 0.3 is 0 Å². The molecule has 3 aromatic carbocycles. The standard InChI is InChI=1S/C19H17ClN2O4S2/c20-17-13-15(22-11-4-12-27(22,23)24)9-10-18(17)21-28(25,26)19-8-3-6-14-5-1-2-7-16(14)19/h1-3,5-10,13,21H,4,11-12H2.